The molecule has 88 valence electrons. The zero-order chi connectivity index (χ0) is 12.0. The molecule has 1 rings (SSSR count). The van der Waals surface area contributed by atoms with Crippen LogP contribution in [0.5, 0.6) is 5.75 Å². The molecule has 1 aromatic carbocycles. The van der Waals surface area contributed by atoms with Gasteiger partial charge >= 0.3 is 5.97 Å². The number of benzene rings is 1. The lowest BCUT2D eigenvalue weighted by atomic mass is 10.2. The van der Waals surface area contributed by atoms with E-state index in [0.717, 1.165) is 5.69 Å². The Bertz CT molecular complexity index is 352. The molecular weight excluding hydrogens is 206 g/mol. The first-order valence-corrected chi connectivity index (χ1v) is 5.40. The minimum absolute atomic E-state index is 0.524. The number of aliphatic carboxylic acids is 1. The smallest absolute Gasteiger partial charge is 0.326 e. The lowest BCUT2D eigenvalue weighted by Gasteiger charge is -2.16. The van der Waals surface area contributed by atoms with Gasteiger partial charge in [0.1, 0.15) is 11.8 Å². The second-order valence-corrected chi connectivity index (χ2v) is 3.37. The minimum atomic E-state index is -0.853. The lowest BCUT2D eigenvalue weighted by Crippen LogP contribution is -2.28. The summed E-state index contributed by atoms with van der Waals surface area (Å²) in [5.41, 5.74) is 0.721. The molecule has 4 nitrogen and oxygen atoms in total. The molecule has 0 spiro atoms. The molecule has 0 heterocycles. The molecule has 4 heteroatoms. The third-order valence-corrected chi connectivity index (χ3v) is 2.22. The van der Waals surface area contributed by atoms with Gasteiger partial charge in [0.05, 0.1) is 12.3 Å². The third kappa shape index (κ3) is 3.15. The van der Waals surface area contributed by atoms with E-state index in [2.05, 4.69) is 5.32 Å². The number of rotatable bonds is 6. The Morgan fingerprint density at radius 3 is 2.69 bits per heavy atom. The highest BCUT2D eigenvalue weighted by Crippen LogP contribution is 2.24. The summed E-state index contributed by atoms with van der Waals surface area (Å²) >= 11 is 0. The Labute approximate surface area is 95.2 Å². The van der Waals surface area contributed by atoms with Crippen molar-refractivity contribution in [2.75, 3.05) is 11.9 Å². The van der Waals surface area contributed by atoms with Gasteiger partial charge in [-0.2, -0.15) is 0 Å². The monoisotopic (exact) mass is 223 g/mol. The highest BCUT2D eigenvalue weighted by atomic mass is 16.5. The van der Waals surface area contributed by atoms with Gasteiger partial charge in [-0.1, -0.05) is 19.1 Å². The Kier molecular flexibility index (Phi) is 4.64. The van der Waals surface area contributed by atoms with E-state index in [1.165, 1.54) is 0 Å². The molecule has 0 bridgehead atoms. The number of hydrogen-bond acceptors (Lipinski definition) is 3. The fourth-order valence-electron chi connectivity index (χ4n) is 1.39. The first-order valence-electron chi connectivity index (χ1n) is 5.40. The highest BCUT2D eigenvalue weighted by molar-refractivity contribution is 5.78. The summed E-state index contributed by atoms with van der Waals surface area (Å²) in [5, 5.41) is 11.9. The number of hydrogen-bond donors (Lipinski definition) is 2. The summed E-state index contributed by atoms with van der Waals surface area (Å²) < 4.78 is 5.41. The van der Waals surface area contributed by atoms with Gasteiger partial charge in [0, 0.05) is 0 Å². The van der Waals surface area contributed by atoms with E-state index in [-0.39, 0.29) is 0 Å². The van der Waals surface area contributed by atoms with E-state index in [4.69, 9.17) is 9.84 Å². The van der Waals surface area contributed by atoms with Crippen LogP contribution in [-0.4, -0.2) is 23.7 Å². The van der Waals surface area contributed by atoms with Gasteiger partial charge in [0.15, 0.2) is 0 Å². The molecule has 0 aliphatic rings. The van der Waals surface area contributed by atoms with Crippen molar-refractivity contribution in [2.24, 2.45) is 0 Å². The SMILES string of the molecule is CCOc1ccccc1N[C@H](CC)C(=O)O. The fraction of sp³-hybridized carbons (Fsp3) is 0.417. The maximum absolute atomic E-state index is 10.9. The van der Waals surface area contributed by atoms with Crippen molar-refractivity contribution >= 4 is 11.7 Å². The molecule has 2 N–H and O–H groups in total. The molecule has 0 fully saturated rings. The normalized spacial score (nSPS) is 11.9. The molecule has 0 aliphatic heterocycles. The standard InChI is InChI=1S/C12H17NO3/c1-3-9(12(14)15)13-10-7-5-6-8-11(10)16-4-2/h5-9,13H,3-4H2,1-2H3,(H,14,15)/t9-/m1/s1. The van der Waals surface area contributed by atoms with Gasteiger partial charge in [0.25, 0.3) is 0 Å². The van der Waals surface area contributed by atoms with Crippen LogP contribution < -0.4 is 10.1 Å². The van der Waals surface area contributed by atoms with E-state index < -0.39 is 12.0 Å². The molecule has 0 amide bonds. The number of para-hydroxylation sites is 2. The second-order valence-electron chi connectivity index (χ2n) is 3.37. The molecule has 0 unspecified atom stereocenters. The number of carbonyl (C=O) groups is 1. The molecule has 0 aliphatic carbocycles. The van der Waals surface area contributed by atoms with Gasteiger partial charge in [-0.25, -0.2) is 4.79 Å². The Morgan fingerprint density at radius 1 is 1.44 bits per heavy atom. The molecule has 16 heavy (non-hydrogen) atoms. The molecule has 1 aromatic rings. The number of anilines is 1. The molecule has 0 radical (unpaired) electrons. The summed E-state index contributed by atoms with van der Waals surface area (Å²) in [6.45, 7) is 4.28. The summed E-state index contributed by atoms with van der Waals surface area (Å²) in [5.74, 6) is -0.168. The zero-order valence-electron chi connectivity index (χ0n) is 9.56. The predicted molar refractivity (Wildman–Crippen MR) is 62.9 cm³/mol. The summed E-state index contributed by atoms with van der Waals surface area (Å²) in [6, 6.07) is 6.76. The van der Waals surface area contributed by atoms with E-state index in [0.29, 0.717) is 18.8 Å². The largest absolute Gasteiger partial charge is 0.492 e. The summed E-state index contributed by atoms with van der Waals surface area (Å²) in [4.78, 5) is 10.9. The molecule has 1 atom stereocenters. The van der Waals surface area contributed by atoms with Crippen molar-refractivity contribution < 1.29 is 14.6 Å². The minimum Gasteiger partial charge on any atom is -0.492 e. The number of ether oxygens (including phenoxy) is 1. The summed E-state index contributed by atoms with van der Waals surface area (Å²) in [7, 11) is 0. The van der Waals surface area contributed by atoms with Crippen LogP contribution in [0.2, 0.25) is 0 Å². The van der Waals surface area contributed by atoms with Gasteiger partial charge in [-0.15, -0.1) is 0 Å². The lowest BCUT2D eigenvalue weighted by molar-refractivity contribution is -0.137. The van der Waals surface area contributed by atoms with Crippen LogP contribution in [0.25, 0.3) is 0 Å². The Balaban J connectivity index is 2.82. The van der Waals surface area contributed by atoms with Gasteiger partial charge in [0.2, 0.25) is 0 Å². The Hall–Kier alpha value is -1.71. The van der Waals surface area contributed by atoms with Gasteiger partial charge < -0.3 is 15.2 Å². The van der Waals surface area contributed by atoms with E-state index in [9.17, 15) is 4.79 Å². The average Bonchev–Trinajstić information content (AvgIpc) is 2.27. The van der Waals surface area contributed by atoms with E-state index in [1.54, 1.807) is 0 Å². The maximum atomic E-state index is 10.9. The van der Waals surface area contributed by atoms with Gasteiger partial charge in [-0.05, 0) is 25.5 Å². The van der Waals surface area contributed by atoms with Crippen LogP contribution >= 0.6 is 0 Å². The van der Waals surface area contributed by atoms with E-state index >= 15 is 0 Å². The second kappa shape index (κ2) is 6.00. The Morgan fingerprint density at radius 2 is 2.12 bits per heavy atom. The molecular formula is C12H17NO3. The average molecular weight is 223 g/mol. The van der Waals surface area contributed by atoms with Crippen LogP contribution in [-0.2, 0) is 4.79 Å². The van der Waals surface area contributed by atoms with Crippen molar-refractivity contribution in [3.05, 3.63) is 24.3 Å². The maximum Gasteiger partial charge on any atom is 0.326 e. The van der Waals surface area contributed by atoms with Crippen molar-refractivity contribution in [3.63, 3.8) is 0 Å². The van der Waals surface area contributed by atoms with Crippen LogP contribution in [0.3, 0.4) is 0 Å². The van der Waals surface area contributed by atoms with Crippen LogP contribution in [0.4, 0.5) is 5.69 Å². The predicted octanol–water partition coefficient (Wildman–Crippen LogP) is 2.36. The topological polar surface area (TPSA) is 58.6 Å². The first kappa shape index (κ1) is 12.4. The number of carboxylic acid groups (broad SMARTS) is 1. The van der Waals surface area contributed by atoms with Crippen LogP contribution in [0.1, 0.15) is 20.3 Å². The third-order valence-electron chi connectivity index (χ3n) is 2.22. The quantitative estimate of drug-likeness (QED) is 0.777. The van der Waals surface area contributed by atoms with E-state index in [1.807, 2.05) is 38.1 Å². The van der Waals surface area contributed by atoms with Crippen molar-refractivity contribution in [2.45, 2.75) is 26.3 Å². The van der Waals surface area contributed by atoms with Crippen molar-refractivity contribution in [3.8, 4) is 5.75 Å². The van der Waals surface area contributed by atoms with Crippen LogP contribution in [0.15, 0.2) is 24.3 Å². The molecule has 0 saturated carbocycles. The number of carboxylic acids is 1. The first-order chi connectivity index (χ1) is 7.69. The van der Waals surface area contributed by atoms with Crippen molar-refractivity contribution in [1.29, 1.82) is 0 Å². The molecule has 0 saturated heterocycles. The molecule has 0 aromatic heterocycles. The highest BCUT2D eigenvalue weighted by Gasteiger charge is 2.15. The zero-order valence-corrected chi connectivity index (χ0v) is 9.56. The van der Waals surface area contributed by atoms with Gasteiger partial charge in [-0.3, -0.25) is 0 Å². The van der Waals surface area contributed by atoms with Crippen molar-refractivity contribution in [1.82, 2.24) is 0 Å². The number of nitrogens with one attached hydrogen (secondary N) is 1. The van der Waals surface area contributed by atoms with Crippen LogP contribution in [0, 0.1) is 0 Å². The fourth-order valence-corrected chi connectivity index (χ4v) is 1.39. The summed E-state index contributed by atoms with van der Waals surface area (Å²) in [6.07, 6.45) is 0.524.